The van der Waals surface area contributed by atoms with Gasteiger partial charge in [-0.3, -0.25) is 0 Å². The third-order valence-electron chi connectivity index (χ3n) is 3.24. The molecular weight excluding hydrogens is 276 g/mol. The molecule has 0 aliphatic carbocycles. The Labute approximate surface area is 129 Å². The summed E-state index contributed by atoms with van der Waals surface area (Å²) in [5.74, 6) is 0. The first kappa shape index (κ1) is 13.9. The maximum atomic E-state index is 6.27. The molecule has 1 atom stereocenters. The quantitative estimate of drug-likeness (QED) is 0.780. The SMILES string of the molecule is N[C@@H](c1ccccc1)c1ccc(Sc2ccccc2)nc1. The van der Waals surface area contributed by atoms with Gasteiger partial charge in [0.2, 0.25) is 0 Å². The van der Waals surface area contributed by atoms with Crippen molar-refractivity contribution in [1.82, 2.24) is 4.98 Å². The van der Waals surface area contributed by atoms with E-state index in [9.17, 15) is 0 Å². The Balaban J connectivity index is 1.75. The maximum Gasteiger partial charge on any atom is 0.101 e. The maximum absolute atomic E-state index is 6.27. The van der Waals surface area contributed by atoms with Crippen molar-refractivity contribution in [2.45, 2.75) is 16.0 Å². The zero-order chi connectivity index (χ0) is 14.5. The minimum atomic E-state index is -0.130. The van der Waals surface area contributed by atoms with Crippen LogP contribution in [0.25, 0.3) is 0 Å². The van der Waals surface area contributed by atoms with Crippen LogP contribution in [0.5, 0.6) is 0 Å². The Bertz CT molecular complexity index is 681. The highest BCUT2D eigenvalue weighted by molar-refractivity contribution is 7.99. The molecular formula is C18H16N2S. The first-order valence-corrected chi connectivity index (χ1v) is 7.64. The molecule has 2 nitrogen and oxygen atoms in total. The van der Waals surface area contributed by atoms with Crippen molar-refractivity contribution in [2.75, 3.05) is 0 Å². The highest BCUT2D eigenvalue weighted by atomic mass is 32.2. The van der Waals surface area contributed by atoms with Crippen LogP contribution in [0.4, 0.5) is 0 Å². The molecule has 2 N–H and O–H groups in total. The van der Waals surface area contributed by atoms with Gasteiger partial charge >= 0.3 is 0 Å². The van der Waals surface area contributed by atoms with Crippen molar-refractivity contribution >= 4 is 11.8 Å². The van der Waals surface area contributed by atoms with Crippen LogP contribution in [-0.2, 0) is 0 Å². The summed E-state index contributed by atoms with van der Waals surface area (Å²) in [4.78, 5) is 5.69. The number of hydrogen-bond acceptors (Lipinski definition) is 3. The molecule has 0 radical (unpaired) electrons. The molecule has 0 amide bonds. The second kappa shape index (κ2) is 6.57. The zero-order valence-electron chi connectivity index (χ0n) is 11.5. The van der Waals surface area contributed by atoms with E-state index in [4.69, 9.17) is 5.73 Å². The largest absolute Gasteiger partial charge is 0.320 e. The molecule has 0 saturated heterocycles. The van der Waals surface area contributed by atoms with Crippen LogP contribution >= 0.6 is 11.8 Å². The predicted octanol–water partition coefficient (Wildman–Crippen LogP) is 4.28. The fourth-order valence-corrected chi connectivity index (χ4v) is 2.87. The average molecular weight is 292 g/mol. The van der Waals surface area contributed by atoms with Crippen LogP contribution in [0.3, 0.4) is 0 Å². The van der Waals surface area contributed by atoms with Crippen molar-refractivity contribution in [3.8, 4) is 0 Å². The Hall–Kier alpha value is -2.10. The summed E-state index contributed by atoms with van der Waals surface area (Å²) in [6.45, 7) is 0. The van der Waals surface area contributed by atoms with Gasteiger partial charge in [-0.2, -0.15) is 0 Å². The minimum Gasteiger partial charge on any atom is -0.320 e. The molecule has 2 aromatic carbocycles. The molecule has 0 aliphatic rings. The Kier molecular flexibility index (Phi) is 4.34. The van der Waals surface area contributed by atoms with E-state index in [-0.39, 0.29) is 6.04 Å². The summed E-state index contributed by atoms with van der Waals surface area (Å²) in [6.07, 6.45) is 1.86. The number of rotatable bonds is 4. The second-order valence-electron chi connectivity index (χ2n) is 4.73. The van der Waals surface area contributed by atoms with E-state index < -0.39 is 0 Å². The van der Waals surface area contributed by atoms with Gasteiger partial charge in [-0.05, 0) is 29.3 Å². The average Bonchev–Trinajstić information content (AvgIpc) is 2.57. The van der Waals surface area contributed by atoms with Gasteiger partial charge in [-0.15, -0.1) is 0 Å². The van der Waals surface area contributed by atoms with Gasteiger partial charge < -0.3 is 5.73 Å². The number of pyridine rings is 1. The van der Waals surface area contributed by atoms with Crippen LogP contribution in [0.2, 0.25) is 0 Å². The Morgan fingerprint density at radius 1 is 0.762 bits per heavy atom. The summed E-state index contributed by atoms with van der Waals surface area (Å²) < 4.78 is 0. The summed E-state index contributed by atoms with van der Waals surface area (Å²) in [6, 6.07) is 24.3. The lowest BCUT2D eigenvalue weighted by atomic mass is 10.0. The van der Waals surface area contributed by atoms with E-state index in [1.807, 2.05) is 60.8 Å². The fraction of sp³-hybridized carbons (Fsp3) is 0.0556. The Morgan fingerprint density at radius 2 is 1.43 bits per heavy atom. The van der Waals surface area contributed by atoms with Crippen molar-refractivity contribution in [2.24, 2.45) is 5.73 Å². The van der Waals surface area contributed by atoms with Crippen LogP contribution in [0.15, 0.2) is 88.9 Å². The topological polar surface area (TPSA) is 38.9 Å². The molecule has 3 aromatic rings. The number of hydrogen-bond donors (Lipinski definition) is 1. The van der Waals surface area contributed by atoms with E-state index in [1.54, 1.807) is 11.8 Å². The van der Waals surface area contributed by atoms with E-state index in [2.05, 4.69) is 23.2 Å². The molecule has 1 heterocycles. The van der Waals surface area contributed by atoms with Crippen molar-refractivity contribution in [3.63, 3.8) is 0 Å². The Morgan fingerprint density at radius 3 is 2.05 bits per heavy atom. The van der Waals surface area contributed by atoms with Gasteiger partial charge in [0.1, 0.15) is 5.03 Å². The van der Waals surface area contributed by atoms with E-state index >= 15 is 0 Å². The third-order valence-corrected chi connectivity index (χ3v) is 4.20. The molecule has 1 aromatic heterocycles. The molecule has 3 heteroatoms. The number of nitrogens with zero attached hydrogens (tertiary/aromatic N) is 1. The summed E-state index contributed by atoms with van der Waals surface area (Å²) in [5, 5.41) is 0.977. The highest BCUT2D eigenvalue weighted by Gasteiger charge is 2.09. The van der Waals surface area contributed by atoms with Crippen LogP contribution in [0, 0.1) is 0 Å². The first-order chi connectivity index (χ1) is 10.3. The highest BCUT2D eigenvalue weighted by Crippen LogP contribution is 2.27. The smallest absolute Gasteiger partial charge is 0.101 e. The monoisotopic (exact) mass is 292 g/mol. The number of aromatic nitrogens is 1. The van der Waals surface area contributed by atoms with Crippen molar-refractivity contribution in [3.05, 3.63) is 90.1 Å². The fourth-order valence-electron chi connectivity index (χ4n) is 2.10. The van der Waals surface area contributed by atoms with Gasteiger partial charge in [0, 0.05) is 11.1 Å². The van der Waals surface area contributed by atoms with Crippen molar-refractivity contribution < 1.29 is 0 Å². The third kappa shape index (κ3) is 3.51. The molecule has 0 aliphatic heterocycles. The van der Waals surface area contributed by atoms with Crippen molar-refractivity contribution in [1.29, 1.82) is 0 Å². The lowest BCUT2D eigenvalue weighted by Crippen LogP contribution is -2.11. The van der Waals surface area contributed by atoms with E-state index in [0.717, 1.165) is 16.2 Å². The molecule has 3 rings (SSSR count). The summed E-state index contributed by atoms with van der Waals surface area (Å²) >= 11 is 1.65. The van der Waals surface area contributed by atoms with E-state index in [0.29, 0.717) is 0 Å². The normalized spacial score (nSPS) is 12.0. The summed E-state index contributed by atoms with van der Waals surface area (Å²) in [7, 11) is 0. The molecule has 0 bridgehead atoms. The standard InChI is InChI=1S/C18H16N2S/c19-18(14-7-3-1-4-8-14)15-11-12-17(20-13-15)21-16-9-5-2-6-10-16/h1-13,18H,19H2/t18-/m0/s1. The van der Waals surface area contributed by atoms with Gasteiger partial charge in [0.15, 0.2) is 0 Å². The van der Waals surface area contributed by atoms with Gasteiger partial charge in [-0.1, -0.05) is 66.4 Å². The molecule has 0 unspecified atom stereocenters. The molecule has 21 heavy (non-hydrogen) atoms. The van der Waals surface area contributed by atoms with Crippen LogP contribution in [0.1, 0.15) is 17.2 Å². The number of nitrogens with two attached hydrogens (primary N) is 1. The van der Waals surface area contributed by atoms with Crippen LogP contribution in [-0.4, -0.2) is 4.98 Å². The van der Waals surface area contributed by atoms with E-state index in [1.165, 1.54) is 4.90 Å². The number of benzene rings is 2. The van der Waals surface area contributed by atoms with Gasteiger partial charge in [0.05, 0.1) is 6.04 Å². The molecule has 0 spiro atoms. The minimum absolute atomic E-state index is 0.130. The van der Waals surface area contributed by atoms with Gasteiger partial charge in [-0.25, -0.2) is 4.98 Å². The molecule has 0 fully saturated rings. The first-order valence-electron chi connectivity index (χ1n) is 6.82. The summed E-state index contributed by atoms with van der Waals surface area (Å²) in [5.41, 5.74) is 8.40. The lowest BCUT2D eigenvalue weighted by Gasteiger charge is -2.12. The molecule has 0 saturated carbocycles. The lowest BCUT2D eigenvalue weighted by molar-refractivity contribution is 0.855. The van der Waals surface area contributed by atoms with Gasteiger partial charge in [0.25, 0.3) is 0 Å². The van der Waals surface area contributed by atoms with Crippen LogP contribution < -0.4 is 5.73 Å². The second-order valence-corrected chi connectivity index (χ2v) is 5.83. The molecule has 104 valence electrons. The zero-order valence-corrected chi connectivity index (χ0v) is 12.3. The predicted molar refractivity (Wildman–Crippen MR) is 87.3 cm³/mol.